The maximum absolute atomic E-state index is 13.0. The molecular weight excluding hydrogens is 900 g/mol. The van der Waals surface area contributed by atoms with E-state index in [1.807, 2.05) is 27.2 Å². The van der Waals surface area contributed by atoms with Crippen LogP contribution in [0.4, 0.5) is 0 Å². The molecule has 0 fully saturated rings. The third kappa shape index (κ3) is 56.0. The summed E-state index contributed by atoms with van der Waals surface area (Å²) < 4.78 is 23.7. The van der Waals surface area contributed by atoms with Crippen molar-refractivity contribution in [3.8, 4) is 0 Å². The van der Waals surface area contributed by atoms with Crippen LogP contribution in [-0.4, -0.2) is 73.4 Å². The summed E-state index contributed by atoms with van der Waals surface area (Å²) in [5, 5.41) is 13.9. The highest BCUT2D eigenvalue weighted by atomic mass is 31.2. The Kier molecular flexibility index (Phi) is 52.1. The maximum atomic E-state index is 13.0. The van der Waals surface area contributed by atoms with Gasteiger partial charge in [0.15, 0.2) is 0 Å². The van der Waals surface area contributed by atoms with Gasteiger partial charge < -0.3 is 19.8 Å². The topological polar surface area (TPSA) is 105 Å². The lowest BCUT2D eigenvalue weighted by Crippen LogP contribution is -2.45. The molecule has 0 saturated heterocycles. The normalized spacial score (nSPS) is 14.2. The largest absolute Gasteiger partial charge is 0.472 e. The number of aliphatic hydroxyl groups is 1. The van der Waals surface area contributed by atoms with Crippen molar-refractivity contribution in [1.29, 1.82) is 0 Å². The van der Waals surface area contributed by atoms with Gasteiger partial charge in [-0.05, 0) is 64.2 Å². The van der Waals surface area contributed by atoms with E-state index in [1.54, 1.807) is 6.08 Å². The second kappa shape index (κ2) is 53.3. The average Bonchev–Trinajstić information content (AvgIpc) is 3.33. The van der Waals surface area contributed by atoms with Crippen LogP contribution in [0.2, 0.25) is 0 Å². The van der Waals surface area contributed by atoms with E-state index in [-0.39, 0.29) is 19.1 Å². The number of nitrogens with one attached hydrogen (secondary N) is 1. The van der Waals surface area contributed by atoms with Crippen LogP contribution >= 0.6 is 7.82 Å². The Morgan fingerprint density at radius 3 is 1.21 bits per heavy atom. The molecule has 8 nitrogen and oxygen atoms in total. The predicted molar refractivity (Wildman–Crippen MR) is 309 cm³/mol. The van der Waals surface area contributed by atoms with Crippen LogP contribution in [0.3, 0.4) is 0 Å². The highest BCUT2D eigenvalue weighted by Crippen LogP contribution is 2.43. The molecule has 0 bridgehead atoms. The van der Waals surface area contributed by atoms with Crippen LogP contribution < -0.4 is 5.32 Å². The minimum atomic E-state index is -4.35. The molecule has 0 aliphatic carbocycles. The van der Waals surface area contributed by atoms with Crippen LogP contribution in [0.1, 0.15) is 290 Å². The predicted octanol–water partition coefficient (Wildman–Crippen LogP) is 18.7. The van der Waals surface area contributed by atoms with E-state index < -0.39 is 20.0 Å². The fraction of sp³-hybridized carbons (Fsp3) is 0.855. The molecule has 3 N–H and O–H groups in total. The molecule has 9 heteroatoms. The third-order valence-electron chi connectivity index (χ3n) is 13.8. The van der Waals surface area contributed by atoms with Gasteiger partial charge in [-0.1, -0.05) is 268 Å². The Bertz CT molecular complexity index is 1290. The smallest absolute Gasteiger partial charge is 0.387 e. The summed E-state index contributed by atoms with van der Waals surface area (Å²) in [4.78, 5) is 23.3. The molecule has 0 aromatic heterocycles. The van der Waals surface area contributed by atoms with Gasteiger partial charge in [0.05, 0.1) is 39.9 Å². The molecule has 0 rings (SSSR count). The molecule has 0 heterocycles. The number of nitrogens with zero attached hydrogens (tertiary/aromatic N) is 1. The van der Waals surface area contributed by atoms with Gasteiger partial charge in [-0.2, -0.15) is 0 Å². The van der Waals surface area contributed by atoms with Crippen molar-refractivity contribution in [3.05, 3.63) is 48.6 Å². The summed E-state index contributed by atoms with van der Waals surface area (Å²) in [6.07, 6.45) is 70.9. The molecule has 0 aliphatic heterocycles. The van der Waals surface area contributed by atoms with Gasteiger partial charge in [-0.25, -0.2) is 4.57 Å². The number of rotatable bonds is 56. The lowest BCUT2D eigenvalue weighted by atomic mass is 10.0. The highest BCUT2D eigenvalue weighted by molar-refractivity contribution is 7.47. The molecule has 3 atom stereocenters. The van der Waals surface area contributed by atoms with Gasteiger partial charge in [0, 0.05) is 6.42 Å². The Morgan fingerprint density at radius 1 is 0.479 bits per heavy atom. The molecule has 3 unspecified atom stereocenters. The zero-order valence-electron chi connectivity index (χ0n) is 47.7. The number of phosphoric acid groups is 1. The number of carbonyl (C=O) groups excluding carboxylic acids is 1. The molecule has 1 amide bonds. The minimum absolute atomic E-state index is 0.0568. The SMILES string of the molecule is CCCCCCC/C=C\C/C=C\CCCCCCCCCCCCCCCCCCCCCC(=O)NC(COP(=O)(O)OCC[N+](C)(C)C)C(O)/C=C/CC/C=C/CCCCCCCCCCCCCC. The van der Waals surface area contributed by atoms with E-state index >= 15 is 0 Å². The van der Waals surface area contributed by atoms with E-state index in [0.717, 1.165) is 44.9 Å². The molecular formula is C62H120N2O6P+. The average molecular weight is 1020 g/mol. The van der Waals surface area contributed by atoms with Crippen LogP contribution in [0.5, 0.6) is 0 Å². The van der Waals surface area contributed by atoms with Crippen LogP contribution in [0.15, 0.2) is 48.6 Å². The number of likely N-dealkylation sites (N-methyl/N-ethyl adjacent to an activating group) is 1. The Labute approximate surface area is 441 Å². The van der Waals surface area contributed by atoms with Gasteiger partial charge in [0.1, 0.15) is 13.2 Å². The first-order valence-electron chi connectivity index (χ1n) is 30.5. The molecule has 418 valence electrons. The molecule has 0 aromatic carbocycles. The second-order valence-electron chi connectivity index (χ2n) is 22.1. The number of quaternary nitrogens is 1. The fourth-order valence-electron chi connectivity index (χ4n) is 8.97. The van der Waals surface area contributed by atoms with Crippen LogP contribution in [0, 0.1) is 0 Å². The molecule has 71 heavy (non-hydrogen) atoms. The van der Waals surface area contributed by atoms with E-state index in [0.29, 0.717) is 17.4 Å². The zero-order valence-corrected chi connectivity index (χ0v) is 48.6. The zero-order chi connectivity index (χ0) is 52.0. The second-order valence-corrected chi connectivity index (χ2v) is 23.5. The number of allylic oxidation sites excluding steroid dienone is 7. The van der Waals surface area contributed by atoms with Gasteiger partial charge in [-0.15, -0.1) is 0 Å². The van der Waals surface area contributed by atoms with Crippen molar-refractivity contribution < 1.29 is 32.9 Å². The molecule has 0 saturated carbocycles. The number of phosphoric ester groups is 1. The first kappa shape index (κ1) is 69.5. The number of hydrogen-bond acceptors (Lipinski definition) is 5. The van der Waals surface area contributed by atoms with Crippen LogP contribution in [-0.2, 0) is 18.4 Å². The number of unbranched alkanes of at least 4 members (excludes halogenated alkanes) is 37. The standard InChI is InChI=1S/C62H119N2O6P/c1-6-8-10-12-14-16-18-20-22-24-26-27-28-29-30-31-32-33-34-35-36-37-38-40-42-44-46-48-50-52-54-56-62(66)63-60(59-70-71(67,68)69-58-57-64(3,4)5)61(65)55-53-51-49-47-45-43-41-39-25-23-21-19-17-15-13-11-9-7-2/h18,20,24,26,45,47,53,55,60-61,65H,6-17,19,21-23,25,27-44,46,48-52,54,56-59H2,1-5H3,(H-,63,66,67,68)/p+1/b20-18-,26-24-,47-45+,55-53+. The van der Waals surface area contributed by atoms with Gasteiger partial charge in [0.2, 0.25) is 5.91 Å². The van der Waals surface area contributed by atoms with E-state index in [9.17, 15) is 19.4 Å². The number of carbonyl (C=O) groups is 1. The first-order chi connectivity index (χ1) is 34.5. The molecule has 0 aromatic rings. The van der Waals surface area contributed by atoms with Crippen molar-refractivity contribution >= 4 is 13.7 Å². The van der Waals surface area contributed by atoms with Crippen LogP contribution in [0.25, 0.3) is 0 Å². The summed E-state index contributed by atoms with van der Waals surface area (Å²) in [5.74, 6) is -0.183. The Balaban J connectivity index is 4.11. The Morgan fingerprint density at radius 2 is 0.817 bits per heavy atom. The summed E-state index contributed by atoms with van der Waals surface area (Å²) in [6, 6.07) is -0.863. The molecule has 0 aliphatic rings. The third-order valence-corrected chi connectivity index (χ3v) is 14.8. The van der Waals surface area contributed by atoms with E-state index in [2.05, 4.69) is 55.6 Å². The summed E-state index contributed by atoms with van der Waals surface area (Å²) >= 11 is 0. The summed E-state index contributed by atoms with van der Waals surface area (Å²) in [7, 11) is 1.56. The fourth-order valence-corrected chi connectivity index (χ4v) is 9.71. The maximum Gasteiger partial charge on any atom is 0.472 e. The Hall–Kier alpha value is -1.54. The van der Waals surface area contributed by atoms with Crippen molar-refractivity contribution in [2.24, 2.45) is 0 Å². The number of hydrogen-bond donors (Lipinski definition) is 3. The summed E-state index contributed by atoms with van der Waals surface area (Å²) in [5.41, 5.74) is 0. The minimum Gasteiger partial charge on any atom is -0.387 e. The van der Waals surface area contributed by atoms with Crippen molar-refractivity contribution in [2.45, 2.75) is 302 Å². The van der Waals surface area contributed by atoms with Gasteiger partial charge in [0.25, 0.3) is 0 Å². The van der Waals surface area contributed by atoms with E-state index in [1.165, 1.54) is 225 Å². The monoisotopic (exact) mass is 1020 g/mol. The number of amides is 1. The quantitative estimate of drug-likeness (QED) is 0.0243. The lowest BCUT2D eigenvalue weighted by Gasteiger charge is -2.25. The van der Waals surface area contributed by atoms with Crippen molar-refractivity contribution in [2.75, 3.05) is 40.9 Å². The van der Waals surface area contributed by atoms with Gasteiger partial charge in [-0.3, -0.25) is 13.8 Å². The van der Waals surface area contributed by atoms with E-state index in [4.69, 9.17) is 9.05 Å². The van der Waals surface area contributed by atoms with Crippen molar-refractivity contribution in [1.82, 2.24) is 5.32 Å². The summed E-state index contributed by atoms with van der Waals surface area (Å²) in [6.45, 7) is 4.81. The first-order valence-corrected chi connectivity index (χ1v) is 32.0. The lowest BCUT2D eigenvalue weighted by molar-refractivity contribution is -0.870. The molecule has 0 radical (unpaired) electrons. The molecule has 0 spiro atoms. The highest BCUT2D eigenvalue weighted by Gasteiger charge is 2.27. The number of aliphatic hydroxyl groups excluding tert-OH is 1. The van der Waals surface area contributed by atoms with Gasteiger partial charge >= 0.3 is 7.82 Å². The van der Waals surface area contributed by atoms with Crippen molar-refractivity contribution in [3.63, 3.8) is 0 Å².